The van der Waals surface area contributed by atoms with E-state index in [9.17, 15) is 4.79 Å². The minimum Gasteiger partial charge on any atom is -0.313 e. The Balaban J connectivity index is 2.12. The van der Waals surface area contributed by atoms with Crippen molar-refractivity contribution in [3.8, 4) is 11.4 Å². The Morgan fingerprint density at radius 3 is 2.76 bits per heavy atom. The Bertz CT molecular complexity index is 698. The van der Waals surface area contributed by atoms with Crippen molar-refractivity contribution < 1.29 is 4.39 Å². The average Bonchev–Trinajstić information content (AvgIpc) is 2.51. The maximum atomic E-state index is 15.1. The lowest BCUT2D eigenvalue weighted by molar-refractivity contribution is 0.116. The number of halogens is 2. The van der Waals surface area contributed by atoms with Crippen LogP contribution in [-0.4, -0.2) is 28.0 Å². The molecule has 3 rings (SSSR count). The molecule has 1 aliphatic rings. The number of pyridine rings is 1. The molecule has 1 unspecified atom stereocenters. The minimum atomic E-state index is -1.72. The van der Waals surface area contributed by atoms with Crippen molar-refractivity contribution >= 4 is 11.6 Å². The highest BCUT2D eigenvalue weighted by Gasteiger charge is 2.38. The Kier molecular flexibility index (Phi) is 3.73. The zero-order chi connectivity index (χ0) is 14.9. The quantitative estimate of drug-likeness (QED) is 0.890. The van der Waals surface area contributed by atoms with Crippen LogP contribution in [0.5, 0.6) is 0 Å². The third kappa shape index (κ3) is 2.69. The molecule has 1 saturated heterocycles. The van der Waals surface area contributed by atoms with Crippen LogP contribution in [0.4, 0.5) is 4.39 Å². The monoisotopic (exact) mass is 308 g/mol. The molecule has 2 aromatic rings. The maximum absolute atomic E-state index is 15.1. The standard InChI is InChI=1S/C14H14ClFN4O/c15-10-11(14(16)4-1-5-18-8-14)19-12(20-13(10)21)9-2-6-17-7-3-9/h2-3,6-7,18H,1,4-5,8H2,(H,19,20,21). The largest absolute Gasteiger partial charge is 0.313 e. The van der Waals surface area contributed by atoms with Gasteiger partial charge >= 0.3 is 0 Å². The molecule has 0 saturated carbocycles. The minimum absolute atomic E-state index is 0.00642. The third-order valence-corrected chi connectivity index (χ3v) is 3.92. The molecule has 110 valence electrons. The van der Waals surface area contributed by atoms with Crippen LogP contribution in [0.1, 0.15) is 18.5 Å². The second-order valence-corrected chi connectivity index (χ2v) is 5.44. The fourth-order valence-electron chi connectivity index (χ4n) is 2.47. The van der Waals surface area contributed by atoms with E-state index in [2.05, 4.69) is 20.3 Å². The van der Waals surface area contributed by atoms with Crippen LogP contribution in [0.25, 0.3) is 11.4 Å². The second-order valence-electron chi connectivity index (χ2n) is 5.06. The molecule has 2 N–H and O–H groups in total. The number of rotatable bonds is 2. The summed E-state index contributed by atoms with van der Waals surface area (Å²) in [5, 5.41) is 2.80. The highest BCUT2D eigenvalue weighted by atomic mass is 35.5. The number of hydrogen-bond donors (Lipinski definition) is 2. The van der Waals surface area contributed by atoms with Crippen LogP contribution in [0.15, 0.2) is 29.3 Å². The number of aromatic nitrogens is 3. The normalized spacial score (nSPS) is 22.2. The Morgan fingerprint density at radius 2 is 2.10 bits per heavy atom. The van der Waals surface area contributed by atoms with Gasteiger partial charge in [-0.25, -0.2) is 9.37 Å². The summed E-state index contributed by atoms with van der Waals surface area (Å²) in [6.07, 6.45) is 4.13. The predicted octanol–water partition coefficient (Wildman–Crippen LogP) is 2.03. The first-order valence-corrected chi connectivity index (χ1v) is 7.08. The van der Waals surface area contributed by atoms with Gasteiger partial charge in [0.15, 0.2) is 5.67 Å². The fourth-order valence-corrected chi connectivity index (χ4v) is 2.73. The van der Waals surface area contributed by atoms with Crippen LogP contribution in [0.3, 0.4) is 0 Å². The summed E-state index contributed by atoms with van der Waals surface area (Å²) < 4.78 is 15.1. The number of nitrogens with zero attached hydrogens (tertiary/aromatic N) is 2. The molecule has 0 bridgehead atoms. The van der Waals surface area contributed by atoms with Gasteiger partial charge in [0.1, 0.15) is 16.5 Å². The molecule has 3 heterocycles. The molecule has 7 heteroatoms. The van der Waals surface area contributed by atoms with E-state index >= 15 is 4.39 Å². The van der Waals surface area contributed by atoms with Crippen LogP contribution < -0.4 is 10.9 Å². The van der Waals surface area contributed by atoms with Crippen molar-refractivity contribution in [3.63, 3.8) is 0 Å². The van der Waals surface area contributed by atoms with Gasteiger partial charge < -0.3 is 10.3 Å². The van der Waals surface area contributed by atoms with Gasteiger partial charge in [0.25, 0.3) is 5.56 Å². The Labute approximate surface area is 125 Å². The summed E-state index contributed by atoms with van der Waals surface area (Å²) in [4.78, 5) is 22.7. The molecule has 21 heavy (non-hydrogen) atoms. The maximum Gasteiger partial charge on any atom is 0.270 e. The van der Waals surface area contributed by atoms with Crippen molar-refractivity contribution in [2.75, 3.05) is 13.1 Å². The first-order chi connectivity index (χ1) is 10.1. The summed E-state index contributed by atoms with van der Waals surface area (Å²) in [5.74, 6) is 0.296. The van der Waals surface area contributed by atoms with Gasteiger partial charge in [0.05, 0.1) is 0 Å². The number of hydrogen-bond acceptors (Lipinski definition) is 4. The van der Waals surface area contributed by atoms with Gasteiger partial charge in [0.2, 0.25) is 0 Å². The topological polar surface area (TPSA) is 70.7 Å². The number of H-pyrrole nitrogens is 1. The molecule has 2 aromatic heterocycles. The van der Waals surface area contributed by atoms with Gasteiger partial charge in [-0.2, -0.15) is 0 Å². The van der Waals surface area contributed by atoms with Crippen molar-refractivity contribution in [2.24, 2.45) is 0 Å². The van der Waals surface area contributed by atoms with E-state index in [-0.39, 0.29) is 17.3 Å². The SMILES string of the molecule is O=c1[nH]c(-c2ccncc2)nc(C2(F)CCCNC2)c1Cl. The van der Waals surface area contributed by atoms with Gasteiger partial charge in [-0.1, -0.05) is 11.6 Å². The van der Waals surface area contributed by atoms with Crippen molar-refractivity contribution in [2.45, 2.75) is 18.5 Å². The molecule has 5 nitrogen and oxygen atoms in total. The number of nitrogens with one attached hydrogen (secondary N) is 2. The van der Waals surface area contributed by atoms with E-state index in [1.165, 1.54) is 0 Å². The van der Waals surface area contributed by atoms with E-state index in [0.29, 0.717) is 24.2 Å². The van der Waals surface area contributed by atoms with Crippen molar-refractivity contribution in [1.29, 1.82) is 0 Å². The van der Waals surface area contributed by atoms with E-state index in [1.807, 2.05) is 0 Å². The third-order valence-electron chi connectivity index (χ3n) is 3.57. The molecule has 1 atom stereocenters. The molecular formula is C14H14ClFN4O. The Hall–Kier alpha value is -1.79. The lowest BCUT2D eigenvalue weighted by Gasteiger charge is -2.30. The molecule has 0 aromatic carbocycles. The molecule has 1 fully saturated rings. The summed E-state index contributed by atoms with van der Waals surface area (Å²) >= 11 is 5.99. The van der Waals surface area contributed by atoms with Gasteiger partial charge in [-0.05, 0) is 31.5 Å². The second kappa shape index (κ2) is 5.54. The van der Waals surface area contributed by atoms with E-state index in [4.69, 9.17) is 11.6 Å². The fraction of sp³-hybridized carbons (Fsp3) is 0.357. The van der Waals surface area contributed by atoms with E-state index in [1.54, 1.807) is 24.5 Å². The van der Waals surface area contributed by atoms with Crippen LogP contribution in [0, 0.1) is 0 Å². The Morgan fingerprint density at radius 1 is 1.33 bits per heavy atom. The smallest absolute Gasteiger partial charge is 0.270 e. The van der Waals surface area contributed by atoms with E-state index < -0.39 is 11.2 Å². The predicted molar refractivity (Wildman–Crippen MR) is 78.0 cm³/mol. The summed E-state index contributed by atoms with van der Waals surface area (Å²) in [6, 6.07) is 3.39. The molecule has 0 spiro atoms. The first kappa shape index (κ1) is 14.2. The van der Waals surface area contributed by atoms with Crippen LogP contribution in [-0.2, 0) is 5.67 Å². The number of aromatic amines is 1. The molecular weight excluding hydrogens is 295 g/mol. The van der Waals surface area contributed by atoms with Crippen LogP contribution >= 0.6 is 11.6 Å². The number of piperidine rings is 1. The first-order valence-electron chi connectivity index (χ1n) is 6.70. The molecule has 1 aliphatic heterocycles. The zero-order valence-corrected chi connectivity index (χ0v) is 12.0. The van der Waals surface area contributed by atoms with Gasteiger partial charge in [-0.15, -0.1) is 0 Å². The van der Waals surface area contributed by atoms with Crippen molar-refractivity contribution in [1.82, 2.24) is 20.3 Å². The summed E-state index contributed by atoms with van der Waals surface area (Å²) in [5.41, 5.74) is -1.58. The number of alkyl halides is 1. The average molecular weight is 309 g/mol. The molecule has 0 aliphatic carbocycles. The van der Waals surface area contributed by atoms with Gasteiger partial charge in [0, 0.05) is 24.5 Å². The van der Waals surface area contributed by atoms with E-state index in [0.717, 1.165) is 6.54 Å². The highest BCUT2D eigenvalue weighted by molar-refractivity contribution is 6.31. The molecule has 0 radical (unpaired) electrons. The van der Waals surface area contributed by atoms with Crippen LogP contribution in [0.2, 0.25) is 5.02 Å². The van der Waals surface area contributed by atoms with Gasteiger partial charge in [-0.3, -0.25) is 9.78 Å². The summed E-state index contributed by atoms with van der Waals surface area (Å²) in [6.45, 7) is 0.864. The zero-order valence-electron chi connectivity index (χ0n) is 11.2. The summed E-state index contributed by atoms with van der Waals surface area (Å²) in [7, 11) is 0. The molecule has 0 amide bonds. The van der Waals surface area contributed by atoms with Crippen molar-refractivity contribution in [3.05, 3.63) is 45.6 Å². The lowest BCUT2D eigenvalue weighted by atomic mass is 9.92. The highest BCUT2D eigenvalue weighted by Crippen LogP contribution is 2.35. The lowest BCUT2D eigenvalue weighted by Crippen LogP contribution is -2.41.